The van der Waals surface area contributed by atoms with E-state index in [1.807, 2.05) is 42.5 Å². The lowest BCUT2D eigenvalue weighted by atomic mass is 10.0. The Balaban J connectivity index is 1.91. The number of carbonyl (C=O) groups is 3. The molecule has 6 nitrogen and oxygen atoms in total. The fourth-order valence-corrected chi connectivity index (χ4v) is 4.26. The molecule has 0 spiro atoms. The van der Waals surface area contributed by atoms with Crippen molar-refractivity contribution in [2.75, 3.05) is 19.0 Å². The predicted molar refractivity (Wildman–Crippen MR) is 113 cm³/mol. The van der Waals surface area contributed by atoms with Gasteiger partial charge in [-0.1, -0.05) is 42.5 Å². The summed E-state index contributed by atoms with van der Waals surface area (Å²) in [6, 6.07) is 13.6. The van der Waals surface area contributed by atoms with Crippen molar-refractivity contribution in [2.45, 2.75) is 20.3 Å². The summed E-state index contributed by atoms with van der Waals surface area (Å²) < 4.78 is 9.88. The topological polar surface area (TPSA) is 81.7 Å². The number of benzene rings is 2. The molecule has 0 saturated heterocycles. The third kappa shape index (κ3) is 4.30. The van der Waals surface area contributed by atoms with Crippen LogP contribution in [0.4, 0.5) is 5.00 Å². The molecule has 1 amide bonds. The van der Waals surface area contributed by atoms with Crippen LogP contribution in [0.1, 0.15) is 38.1 Å². The van der Waals surface area contributed by atoms with Gasteiger partial charge >= 0.3 is 11.9 Å². The molecule has 0 unspecified atom stereocenters. The highest BCUT2D eigenvalue weighted by molar-refractivity contribution is 7.18. The Morgan fingerprint density at radius 3 is 2.48 bits per heavy atom. The van der Waals surface area contributed by atoms with Crippen molar-refractivity contribution in [1.82, 2.24) is 0 Å². The van der Waals surface area contributed by atoms with Crippen LogP contribution in [0.15, 0.2) is 42.5 Å². The second-order valence-electron chi connectivity index (χ2n) is 6.34. The quantitative estimate of drug-likeness (QED) is 0.610. The van der Waals surface area contributed by atoms with E-state index in [0.717, 1.165) is 27.7 Å². The van der Waals surface area contributed by atoms with Gasteiger partial charge in [0.05, 0.1) is 25.7 Å². The molecule has 3 aromatic rings. The van der Waals surface area contributed by atoms with E-state index in [4.69, 9.17) is 9.47 Å². The van der Waals surface area contributed by atoms with Gasteiger partial charge < -0.3 is 14.8 Å². The van der Waals surface area contributed by atoms with Crippen LogP contribution in [0.5, 0.6) is 0 Å². The van der Waals surface area contributed by atoms with Crippen molar-refractivity contribution in [2.24, 2.45) is 0 Å². The van der Waals surface area contributed by atoms with Gasteiger partial charge in [0.25, 0.3) is 0 Å². The van der Waals surface area contributed by atoms with Crippen LogP contribution in [0.25, 0.3) is 10.8 Å². The van der Waals surface area contributed by atoms with E-state index in [0.29, 0.717) is 5.56 Å². The van der Waals surface area contributed by atoms with Crippen LogP contribution in [-0.4, -0.2) is 31.6 Å². The average molecular weight is 411 g/mol. The van der Waals surface area contributed by atoms with E-state index >= 15 is 0 Å². The van der Waals surface area contributed by atoms with Crippen molar-refractivity contribution in [3.63, 3.8) is 0 Å². The van der Waals surface area contributed by atoms with E-state index < -0.39 is 11.9 Å². The minimum absolute atomic E-state index is 0.133. The van der Waals surface area contributed by atoms with E-state index in [-0.39, 0.29) is 34.4 Å². The predicted octanol–water partition coefficient (Wildman–Crippen LogP) is 4.35. The first kappa shape index (κ1) is 20.5. The molecule has 0 aliphatic carbocycles. The standard InChI is InChI=1S/C22H21NO5S/c1-4-28-21(25)18-13(2)19(22(26)27-3)29-20(18)23-17(24)12-15-10-7-9-14-8-5-6-11-16(14)15/h5-11H,4,12H2,1-3H3,(H,23,24). The number of fused-ring (bicyclic) bond motifs is 1. The molecule has 1 heterocycles. The fourth-order valence-electron chi connectivity index (χ4n) is 3.13. The molecule has 1 N–H and O–H groups in total. The molecule has 2 aromatic carbocycles. The normalized spacial score (nSPS) is 10.6. The van der Waals surface area contributed by atoms with E-state index in [1.165, 1.54) is 7.11 Å². The van der Waals surface area contributed by atoms with Gasteiger partial charge in [0.2, 0.25) is 5.91 Å². The fraction of sp³-hybridized carbons (Fsp3) is 0.227. The number of anilines is 1. The Labute approximate surface area is 172 Å². The summed E-state index contributed by atoms with van der Waals surface area (Å²) in [7, 11) is 1.27. The first-order valence-electron chi connectivity index (χ1n) is 9.11. The maximum atomic E-state index is 12.7. The van der Waals surface area contributed by atoms with Crippen LogP contribution in [-0.2, 0) is 20.7 Å². The number of hydrogen-bond donors (Lipinski definition) is 1. The molecular formula is C22H21NO5S. The maximum absolute atomic E-state index is 12.7. The van der Waals surface area contributed by atoms with Gasteiger partial charge in [0, 0.05) is 0 Å². The Morgan fingerprint density at radius 1 is 1.03 bits per heavy atom. The summed E-state index contributed by atoms with van der Waals surface area (Å²) in [5.41, 5.74) is 1.49. The van der Waals surface area contributed by atoms with Gasteiger partial charge in [-0.15, -0.1) is 11.3 Å². The number of hydrogen-bond acceptors (Lipinski definition) is 6. The average Bonchev–Trinajstić information content (AvgIpc) is 3.03. The maximum Gasteiger partial charge on any atom is 0.348 e. The van der Waals surface area contributed by atoms with Crippen molar-refractivity contribution in [3.8, 4) is 0 Å². The van der Waals surface area contributed by atoms with Gasteiger partial charge in [-0.2, -0.15) is 0 Å². The number of nitrogens with one attached hydrogen (secondary N) is 1. The van der Waals surface area contributed by atoms with Crippen molar-refractivity contribution < 1.29 is 23.9 Å². The zero-order chi connectivity index (χ0) is 21.0. The van der Waals surface area contributed by atoms with Crippen molar-refractivity contribution >= 4 is 45.0 Å². The number of ether oxygens (including phenoxy) is 2. The zero-order valence-electron chi connectivity index (χ0n) is 16.4. The molecule has 0 saturated carbocycles. The lowest BCUT2D eigenvalue weighted by Crippen LogP contribution is -2.16. The number of methoxy groups -OCH3 is 1. The smallest absolute Gasteiger partial charge is 0.348 e. The Bertz CT molecular complexity index is 1080. The number of amides is 1. The summed E-state index contributed by atoms with van der Waals surface area (Å²) >= 11 is 1.01. The highest BCUT2D eigenvalue weighted by atomic mass is 32.1. The third-order valence-corrected chi connectivity index (χ3v) is 5.67. The Hall–Kier alpha value is -3.19. The summed E-state index contributed by atoms with van der Waals surface area (Å²) in [5.74, 6) is -1.44. The molecule has 0 atom stereocenters. The molecule has 7 heteroatoms. The SMILES string of the molecule is CCOC(=O)c1c(NC(=O)Cc2cccc3ccccc23)sc(C(=O)OC)c1C. The molecular weight excluding hydrogens is 390 g/mol. The van der Waals surface area contributed by atoms with Crippen LogP contribution in [0.3, 0.4) is 0 Å². The van der Waals surface area contributed by atoms with E-state index in [2.05, 4.69) is 5.32 Å². The monoisotopic (exact) mass is 411 g/mol. The zero-order valence-corrected chi connectivity index (χ0v) is 17.2. The molecule has 150 valence electrons. The summed E-state index contributed by atoms with van der Waals surface area (Å²) in [5, 5.41) is 5.10. The number of rotatable bonds is 6. The van der Waals surface area contributed by atoms with Gasteiger partial charge in [-0.05, 0) is 35.7 Å². The lowest BCUT2D eigenvalue weighted by Gasteiger charge is -2.09. The number of thiophene rings is 1. The number of carbonyl (C=O) groups excluding carboxylic acids is 3. The second-order valence-corrected chi connectivity index (χ2v) is 7.36. The molecule has 0 aliphatic rings. The molecule has 0 aliphatic heterocycles. The van der Waals surface area contributed by atoms with Gasteiger partial charge in [-0.25, -0.2) is 9.59 Å². The van der Waals surface area contributed by atoms with E-state index in [9.17, 15) is 14.4 Å². The minimum atomic E-state index is -0.586. The molecule has 0 bridgehead atoms. The van der Waals surface area contributed by atoms with Crippen LogP contribution in [0.2, 0.25) is 0 Å². The van der Waals surface area contributed by atoms with Gasteiger partial charge in [0.1, 0.15) is 9.88 Å². The molecule has 29 heavy (non-hydrogen) atoms. The minimum Gasteiger partial charge on any atom is -0.465 e. The first-order valence-corrected chi connectivity index (χ1v) is 9.93. The van der Waals surface area contributed by atoms with Crippen LogP contribution in [0, 0.1) is 6.92 Å². The van der Waals surface area contributed by atoms with Gasteiger partial charge in [0.15, 0.2) is 0 Å². The van der Waals surface area contributed by atoms with Gasteiger partial charge in [-0.3, -0.25) is 4.79 Å². The van der Waals surface area contributed by atoms with Crippen LogP contribution >= 0.6 is 11.3 Å². The summed E-state index contributed by atoms with van der Waals surface area (Å²) in [4.78, 5) is 37.4. The molecule has 3 rings (SSSR count). The molecule has 0 fully saturated rings. The highest BCUT2D eigenvalue weighted by Gasteiger charge is 2.27. The second kappa shape index (κ2) is 8.87. The number of esters is 2. The highest BCUT2D eigenvalue weighted by Crippen LogP contribution is 2.34. The Morgan fingerprint density at radius 2 is 1.76 bits per heavy atom. The lowest BCUT2D eigenvalue weighted by molar-refractivity contribution is -0.115. The summed E-state index contributed by atoms with van der Waals surface area (Å²) in [6.45, 7) is 3.51. The summed E-state index contributed by atoms with van der Waals surface area (Å²) in [6.07, 6.45) is 0.133. The first-order chi connectivity index (χ1) is 14.0. The van der Waals surface area contributed by atoms with E-state index in [1.54, 1.807) is 13.8 Å². The molecule has 1 aromatic heterocycles. The largest absolute Gasteiger partial charge is 0.465 e. The third-order valence-electron chi connectivity index (χ3n) is 4.48. The Kier molecular flexibility index (Phi) is 6.29. The van der Waals surface area contributed by atoms with Crippen molar-refractivity contribution in [1.29, 1.82) is 0 Å². The molecule has 0 radical (unpaired) electrons. The van der Waals surface area contributed by atoms with Crippen LogP contribution < -0.4 is 5.32 Å². The van der Waals surface area contributed by atoms with Crippen molar-refractivity contribution in [3.05, 3.63) is 64.0 Å².